The Hall–Kier alpha value is 1.98. The van der Waals surface area contributed by atoms with Crippen molar-refractivity contribution >= 4 is 121 Å². The Morgan fingerprint density at radius 2 is 0.465 bits per heavy atom. The summed E-state index contributed by atoms with van der Waals surface area (Å²) in [6, 6.07) is 21.4. The average molecular weight is 1410 g/mol. The van der Waals surface area contributed by atoms with E-state index in [0.29, 0.717) is 0 Å². The molecule has 0 atom stereocenters. The van der Waals surface area contributed by atoms with Crippen molar-refractivity contribution in [1.29, 1.82) is 0 Å². The fraction of sp³-hybridized carbons (Fsp3) is 0. The molecule has 0 aliphatic rings. The van der Waals surface area contributed by atoms with E-state index < -0.39 is 121 Å². The third-order valence-electron chi connectivity index (χ3n) is 1.68. The molecule has 43 heavy (non-hydrogen) atoms. The Morgan fingerprint density at radius 3 is 0.581 bits per heavy atom. The molecule has 31 heteroatoms. The summed E-state index contributed by atoms with van der Waals surface area (Å²) in [5.74, 6) is 0. The molecule has 0 heterocycles. The summed E-state index contributed by atoms with van der Waals surface area (Å²) in [5, 5.41) is 0. The fourth-order valence-electron chi connectivity index (χ4n) is 1.08. The molecule has 2 aromatic carbocycles. The maximum atomic E-state index is 10.2. The van der Waals surface area contributed by atoms with Crippen LogP contribution in [-0.2, 0) is 18.1 Å². The van der Waals surface area contributed by atoms with Gasteiger partial charge in [-0.2, -0.15) is 0 Å². The van der Waals surface area contributed by atoms with Gasteiger partial charge in [-0.3, -0.25) is 0 Å². The minimum Gasteiger partial charge on any atom is -0.0619 e. The van der Waals surface area contributed by atoms with Crippen LogP contribution in [-0.4, -0.2) is 121 Å². The second-order valence-electron chi connectivity index (χ2n) is 5.27. The molecular formula is C12H10F6IO18Sb6-11. The first kappa shape index (κ1) is 54.4. The van der Waals surface area contributed by atoms with Crippen molar-refractivity contribution in [3.8, 4) is 0 Å². The molecule has 2 aromatic rings. The van der Waals surface area contributed by atoms with Crippen LogP contribution in [0.15, 0.2) is 60.7 Å². The van der Waals surface area contributed by atoms with Crippen molar-refractivity contribution < 1.29 is 96.8 Å². The zero-order valence-electron chi connectivity index (χ0n) is 19.5. The summed E-state index contributed by atoms with van der Waals surface area (Å²) in [6.07, 6.45) is 0. The van der Waals surface area contributed by atoms with Gasteiger partial charge in [0.2, 0.25) is 0 Å². The third-order valence-corrected chi connectivity index (χ3v) is 4.37. The summed E-state index contributed by atoms with van der Waals surface area (Å²) in [5.41, 5.74) is 0. The molecule has 0 aromatic heterocycles. The van der Waals surface area contributed by atoms with Crippen LogP contribution < -0.4 is 61.8 Å². The Balaban J connectivity index is -0.000000139. The van der Waals surface area contributed by atoms with Gasteiger partial charge in [0, 0.05) is 0 Å². The monoisotopic (exact) mass is 1410 g/mol. The smallest absolute Gasteiger partial charge is 0.0619 e. The van der Waals surface area contributed by atoms with Gasteiger partial charge in [-0.1, -0.05) is 36.4 Å². The van der Waals surface area contributed by atoms with Gasteiger partial charge < -0.3 is 0 Å². The Kier molecular flexibility index (Phi) is 34.0. The molecule has 0 saturated carbocycles. The van der Waals surface area contributed by atoms with Crippen LogP contribution in [0, 0.1) is 7.14 Å². The van der Waals surface area contributed by atoms with Gasteiger partial charge in [0.05, 0.1) is 0 Å². The van der Waals surface area contributed by atoms with Gasteiger partial charge >= 0.3 is 218 Å². The van der Waals surface area contributed by atoms with Gasteiger partial charge in [-0.25, -0.2) is 0 Å². The molecule has 0 fully saturated rings. The second-order valence-corrected chi connectivity index (χ2v) is 23.0. The van der Waals surface area contributed by atoms with Crippen LogP contribution in [0.3, 0.4) is 0 Å². The Labute approximate surface area is 281 Å². The van der Waals surface area contributed by atoms with Crippen molar-refractivity contribution in [3.05, 3.63) is 67.8 Å². The first-order valence-electron chi connectivity index (χ1n) is 8.50. The minimum absolute atomic E-state index is 0.0287. The molecule has 0 aliphatic carbocycles. The van der Waals surface area contributed by atoms with Crippen LogP contribution in [0.25, 0.3) is 0 Å². The van der Waals surface area contributed by atoms with E-state index in [4.69, 9.17) is 58.7 Å². The van der Waals surface area contributed by atoms with Gasteiger partial charge in [0.25, 0.3) is 0 Å². The molecule has 2 rings (SSSR count). The molecule has 256 valence electrons. The zero-order valence-corrected chi connectivity index (χ0v) is 36.9. The second kappa shape index (κ2) is 26.9. The number of halogens is 7. The molecule has 0 amide bonds. The summed E-state index contributed by atoms with van der Waals surface area (Å²) >= 11 is -38.1. The first-order valence-corrected chi connectivity index (χ1v) is 35.2. The van der Waals surface area contributed by atoms with Crippen LogP contribution in [0.4, 0.5) is 16.9 Å². The molecular weight excluding hydrogens is 1400 g/mol. The van der Waals surface area contributed by atoms with Gasteiger partial charge in [-0.05, 0) is 24.3 Å². The quantitative estimate of drug-likeness (QED) is 0.153. The average Bonchev–Trinajstić information content (AvgIpc) is 2.61. The van der Waals surface area contributed by atoms with E-state index in [-0.39, 0.29) is 21.2 Å². The number of benzene rings is 2. The summed E-state index contributed by atoms with van der Waals surface area (Å²) < 4.78 is 218. The van der Waals surface area contributed by atoms with Crippen molar-refractivity contribution in [2.24, 2.45) is 0 Å². The molecule has 0 aliphatic heterocycles. The van der Waals surface area contributed by atoms with Crippen molar-refractivity contribution in [1.82, 2.24) is 0 Å². The van der Waals surface area contributed by atoms with E-state index in [9.17, 15) is 16.9 Å². The molecule has 0 saturated heterocycles. The van der Waals surface area contributed by atoms with Crippen molar-refractivity contribution in [2.45, 2.75) is 0 Å². The molecule has 0 N–H and O–H groups in total. The predicted octanol–water partition coefficient (Wildman–Crippen LogP) is -14.9. The van der Waals surface area contributed by atoms with Gasteiger partial charge in [-0.15, -0.1) is 0 Å². The van der Waals surface area contributed by atoms with E-state index in [1.54, 1.807) is 0 Å². The van der Waals surface area contributed by atoms with E-state index in [2.05, 4.69) is 60.7 Å². The summed E-state index contributed by atoms with van der Waals surface area (Å²) in [6.45, 7) is 0. The molecule has 18 nitrogen and oxygen atoms in total. The maximum absolute atomic E-state index is 10.2. The minimum atomic E-state index is -6.35. The predicted molar refractivity (Wildman–Crippen MR) is 95.6 cm³/mol. The van der Waals surface area contributed by atoms with Crippen LogP contribution in [0.1, 0.15) is 0 Å². The topological polar surface area (TPSA) is 379 Å². The van der Waals surface area contributed by atoms with E-state index in [1.165, 1.54) is 7.14 Å². The maximum Gasteiger partial charge on any atom is 0.357 e. The Morgan fingerprint density at radius 1 is 0.349 bits per heavy atom. The van der Waals surface area contributed by atoms with Crippen molar-refractivity contribution in [3.63, 3.8) is 0 Å². The van der Waals surface area contributed by atoms with Gasteiger partial charge in [0.15, 0.2) is 7.14 Å². The summed E-state index contributed by atoms with van der Waals surface area (Å²) in [7, 11) is 0. The number of hydrogen-bond donors (Lipinski definition) is 0. The molecule has 0 radical (unpaired) electrons. The number of rotatable bonds is 2. The summed E-state index contributed by atoms with van der Waals surface area (Å²) in [4.78, 5) is 0. The number of hydrogen-bond acceptors (Lipinski definition) is 18. The SMILES string of the molecule is [O]=[Sb]([O-])([O-])[F].[O]=[Sb]([O-])([O-])[F].[O]=[Sb]([O-])([O-])[F].[O]=[Sb]([O-])([O-])[F].[O]=[Sb]([O-])([O-])[F].[O]=[Sb]([O-])([O-])[F].c1ccc([I+]c2ccccc2)cc1. The third kappa shape index (κ3) is 160. The molecule has 0 spiro atoms. The largest absolute Gasteiger partial charge is 0.357 e. The van der Waals surface area contributed by atoms with Crippen molar-refractivity contribution in [2.75, 3.05) is 0 Å². The van der Waals surface area contributed by atoms with E-state index in [1.807, 2.05) is 0 Å². The standard InChI is InChI=1S/C12H10I.6FH.18O.6Sb/c1-3-7-11(8-4-1)13-12-9-5-2-6-10-12;;;;;;;;;;;;;;;;;;;;;;;;;;;;;;/h1-10H;6*1H;;;;;;;;;;;;;;;;;;;;;;;;/q+1;;;;;;;;;;;;;12*-1;6*+1/p-6. The van der Waals surface area contributed by atoms with E-state index >= 15 is 0 Å². The van der Waals surface area contributed by atoms with Gasteiger partial charge in [0.1, 0.15) is 0 Å². The van der Waals surface area contributed by atoms with Crippen LogP contribution in [0.2, 0.25) is 0 Å². The first-order chi connectivity index (χ1) is 18.4. The normalized spacial score (nSPS) is 11.2. The molecule has 0 bridgehead atoms. The van der Waals surface area contributed by atoms with Crippen LogP contribution >= 0.6 is 0 Å². The van der Waals surface area contributed by atoms with E-state index in [0.717, 1.165) is 0 Å². The molecule has 0 unspecified atom stereocenters. The fourth-order valence-corrected chi connectivity index (χ4v) is 3.35. The zero-order chi connectivity index (χ0) is 35.9. The van der Waals surface area contributed by atoms with Crippen LogP contribution in [0.5, 0.6) is 0 Å². The Bertz CT molecular complexity index is 1020.